The predicted molar refractivity (Wildman–Crippen MR) is 200 cm³/mol. The minimum absolute atomic E-state index is 0.0692. The van der Waals surface area contributed by atoms with Gasteiger partial charge in [0.25, 0.3) is 0 Å². The summed E-state index contributed by atoms with van der Waals surface area (Å²) in [5.41, 5.74) is 15.0. The SMILES string of the molecule is CC1(C)c2ccccc2N2c3cc4c(sc5ccccc54)c4c3B(c3cccc1c32)n1c2c-4cccc2c2sc3ccccc3c21. The fraction of sp³-hybridized carbons (Fsp3) is 0.0732. The van der Waals surface area contributed by atoms with Crippen molar-refractivity contribution < 1.29 is 0 Å². The smallest absolute Gasteiger partial charge is 0.333 e. The van der Waals surface area contributed by atoms with Crippen LogP contribution in [0.2, 0.25) is 0 Å². The second kappa shape index (κ2) is 7.93. The van der Waals surface area contributed by atoms with Gasteiger partial charge in [-0.15, -0.1) is 22.7 Å². The van der Waals surface area contributed by atoms with Crippen LogP contribution in [0.3, 0.4) is 0 Å². The molecule has 3 aromatic heterocycles. The van der Waals surface area contributed by atoms with Crippen molar-refractivity contribution in [3.05, 3.63) is 126 Å². The third-order valence-corrected chi connectivity index (χ3v) is 13.5. The molecular weight excluding hydrogens is 595 g/mol. The molecule has 0 fully saturated rings. The fourth-order valence-corrected chi connectivity index (χ4v) is 11.7. The molecule has 0 unspecified atom stereocenters. The van der Waals surface area contributed by atoms with E-state index < -0.39 is 0 Å². The number of hydrogen-bond donors (Lipinski definition) is 0. The van der Waals surface area contributed by atoms with Crippen LogP contribution in [-0.2, 0) is 5.41 Å². The molecule has 0 amide bonds. The molecule has 214 valence electrons. The van der Waals surface area contributed by atoms with Gasteiger partial charge in [-0.25, -0.2) is 0 Å². The van der Waals surface area contributed by atoms with E-state index in [0.717, 1.165) is 0 Å². The second-order valence-electron chi connectivity index (χ2n) is 13.6. The summed E-state index contributed by atoms with van der Waals surface area (Å²) < 4.78 is 8.26. The Labute approximate surface area is 273 Å². The zero-order valence-electron chi connectivity index (χ0n) is 25.3. The lowest BCUT2D eigenvalue weighted by Crippen LogP contribution is -2.58. The van der Waals surface area contributed by atoms with Gasteiger partial charge in [0.05, 0.1) is 15.9 Å². The summed E-state index contributed by atoms with van der Waals surface area (Å²) in [6.07, 6.45) is 0. The average molecular weight is 621 g/mol. The molecule has 0 N–H and O–H groups in total. The minimum Gasteiger partial charge on any atom is -0.374 e. The molecule has 3 aliphatic rings. The molecule has 0 atom stereocenters. The number of hydrogen-bond acceptors (Lipinski definition) is 3. The van der Waals surface area contributed by atoms with Gasteiger partial charge < -0.3 is 9.38 Å². The first-order chi connectivity index (χ1) is 22.6. The molecule has 0 aliphatic carbocycles. The highest BCUT2D eigenvalue weighted by Gasteiger charge is 2.48. The summed E-state index contributed by atoms with van der Waals surface area (Å²) in [6.45, 7) is 4.88. The van der Waals surface area contributed by atoms with Crippen LogP contribution >= 0.6 is 22.7 Å². The van der Waals surface area contributed by atoms with E-state index in [2.05, 4.69) is 138 Å². The van der Waals surface area contributed by atoms with E-state index in [1.54, 1.807) is 0 Å². The summed E-state index contributed by atoms with van der Waals surface area (Å²) in [4.78, 5) is 2.63. The molecule has 3 aliphatic heterocycles. The highest BCUT2D eigenvalue weighted by atomic mass is 32.1. The molecule has 0 radical (unpaired) electrons. The van der Waals surface area contributed by atoms with Crippen molar-refractivity contribution in [2.24, 2.45) is 0 Å². The first-order valence-corrected chi connectivity index (χ1v) is 17.7. The van der Waals surface area contributed by atoms with Crippen molar-refractivity contribution in [3.8, 4) is 11.1 Å². The lowest BCUT2D eigenvalue weighted by atomic mass is 9.44. The third-order valence-electron chi connectivity index (χ3n) is 11.1. The number of benzene rings is 6. The van der Waals surface area contributed by atoms with E-state index in [9.17, 15) is 0 Å². The lowest BCUT2D eigenvalue weighted by Gasteiger charge is -2.48. The van der Waals surface area contributed by atoms with E-state index in [4.69, 9.17) is 0 Å². The van der Waals surface area contributed by atoms with Gasteiger partial charge in [-0.2, -0.15) is 0 Å². The Kier molecular flexibility index (Phi) is 4.20. The number of rotatable bonds is 0. The van der Waals surface area contributed by atoms with E-state index in [-0.39, 0.29) is 12.3 Å². The molecule has 12 rings (SSSR count). The molecule has 0 saturated heterocycles. The van der Waals surface area contributed by atoms with Crippen molar-refractivity contribution in [2.45, 2.75) is 19.3 Å². The van der Waals surface area contributed by atoms with E-state index in [1.165, 1.54) is 102 Å². The Hall–Kier alpha value is -4.84. The molecule has 9 aromatic rings. The highest BCUT2D eigenvalue weighted by molar-refractivity contribution is 7.27. The number of anilines is 3. The van der Waals surface area contributed by atoms with Crippen molar-refractivity contribution in [3.63, 3.8) is 0 Å². The van der Waals surface area contributed by atoms with E-state index >= 15 is 0 Å². The molecule has 0 saturated carbocycles. The summed E-state index contributed by atoms with van der Waals surface area (Å²) in [5, 5.41) is 5.44. The first-order valence-electron chi connectivity index (χ1n) is 16.1. The number of aromatic nitrogens is 1. The summed E-state index contributed by atoms with van der Waals surface area (Å²) >= 11 is 3.91. The van der Waals surface area contributed by atoms with Gasteiger partial charge in [-0.1, -0.05) is 105 Å². The minimum atomic E-state index is -0.124. The monoisotopic (exact) mass is 620 g/mol. The zero-order chi connectivity index (χ0) is 30.1. The number of fused-ring (bicyclic) bond motifs is 15. The van der Waals surface area contributed by atoms with Gasteiger partial charge in [-0.3, -0.25) is 0 Å². The van der Waals surface area contributed by atoms with Crippen molar-refractivity contribution in [2.75, 3.05) is 4.90 Å². The summed E-state index contributed by atoms with van der Waals surface area (Å²) in [6, 6.07) is 43.8. The van der Waals surface area contributed by atoms with Crippen LogP contribution in [0.15, 0.2) is 115 Å². The van der Waals surface area contributed by atoms with Crippen LogP contribution in [0, 0.1) is 0 Å². The zero-order valence-corrected chi connectivity index (χ0v) is 26.9. The largest absolute Gasteiger partial charge is 0.374 e. The van der Waals surface area contributed by atoms with Gasteiger partial charge in [0.15, 0.2) is 0 Å². The Bertz CT molecular complexity index is 2870. The fourth-order valence-electron chi connectivity index (χ4n) is 9.27. The Morgan fingerprint density at radius 2 is 1.28 bits per heavy atom. The highest BCUT2D eigenvalue weighted by Crippen LogP contribution is 2.56. The molecule has 6 aromatic carbocycles. The van der Waals surface area contributed by atoms with E-state index in [0.29, 0.717) is 0 Å². The lowest BCUT2D eigenvalue weighted by molar-refractivity contribution is 0.632. The quantitative estimate of drug-likeness (QED) is 0.153. The maximum absolute atomic E-state index is 2.74. The molecular formula is C41H25BN2S2. The Morgan fingerprint density at radius 3 is 2.17 bits per heavy atom. The van der Waals surface area contributed by atoms with Crippen LogP contribution in [-0.4, -0.2) is 11.3 Å². The van der Waals surface area contributed by atoms with Gasteiger partial charge in [0, 0.05) is 69.1 Å². The molecule has 5 heteroatoms. The maximum atomic E-state index is 2.74. The average Bonchev–Trinajstić information content (AvgIpc) is 3.75. The molecule has 6 heterocycles. The molecule has 2 nitrogen and oxygen atoms in total. The molecule has 0 spiro atoms. The van der Waals surface area contributed by atoms with Crippen LogP contribution in [0.1, 0.15) is 25.0 Å². The van der Waals surface area contributed by atoms with E-state index in [1.807, 2.05) is 22.7 Å². The first kappa shape index (κ1) is 24.4. The third kappa shape index (κ3) is 2.60. The molecule has 46 heavy (non-hydrogen) atoms. The second-order valence-corrected chi connectivity index (χ2v) is 15.7. The van der Waals surface area contributed by atoms with Gasteiger partial charge >= 0.3 is 6.85 Å². The number of thiophene rings is 2. The van der Waals surface area contributed by atoms with Gasteiger partial charge in [-0.05, 0) is 46.3 Å². The summed E-state index contributed by atoms with van der Waals surface area (Å²) in [5.74, 6) is 0. The van der Waals surface area contributed by atoms with Crippen molar-refractivity contribution in [1.82, 2.24) is 4.48 Å². The van der Waals surface area contributed by atoms with Crippen molar-refractivity contribution >= 4 is 109 Å². The van der Waals surface area contributed by atoms with Crippen LogP contribution < -0.4 is 15.8 Å². The normalized spacial score (nSPS) is 15.3. The number of para-hydroxylation sites is 3. The number of nitrogens with zero attached hydrogens (tertiary/aromatic N) is 2. The molecule has 0 bridgehead atoms. The van der Waals surface area contributed by atoms with Gasteiger partial charge in [0.1, 0.15) is 0 Å². The van der Waals surface area contributed by atoms with Crippen LogP contribution in [0.5, 0.6) is 0 Å². The maximum Gasteiger partial charge on any atom is 0.333 e. The van der Waals surface area contributed by atoms with Crippen molar-refractivity contribution in [1.29, 1.82) is 0 Å². The topological polar surface area (TPSA) is 8.17 Å². The van der Waals surface area contributed by atoms with Gasteiger partial charge in [0.2, 0.25) is 0 Å². The van der Waals surface area contributed by atoms with Crippen LogP contribution in [0.25, 0.3) is 62.5 Å². The Morgan fingerprint density at radius 1 is 0.587 bits per heavy atom. The summed E-state index contributed by atoms with van der Waals surface area (Å²) in [7, 11) is 0. The van der Waals surface area contributed by atoms with Crippen LogP contribution in [0.4, 0.5) is 17.1 Å². The Balaban J connectivity index is 1.37. The standard InChI is InChI=1S/C41H25BN2S2/c1-41(2)27-15-5-6-18-30(27)43-31-21-26-22-11-3-7-19-32(22)45-39(26)34-24-13-9-14-25-36(24)44(37-23-12-4-8-20-33(23)46-40(25)37)42(35(31)34)29-17-10-16-28(41)38(29)43/h3-21H,1-2H3. The predicted octanol–water partition coefficient (Wildman–Crippen LogP) is 10.4.